The summed E-state index contributed by atoms with van der Waals surface area (Å²) in [7, 11) is 1.35. The Morgan fingerprint density at radius 2 is 2.10 bits per heavy atom. The lowest BCUT2D eigenvalue weighted by Gasteiger charge is -2.39. The van der Waals surface area contributed by atoms with Crippen LogP contribution in [0, 0.1) is 5.92 Å². The zero-order valence-electron chi connectivity index (χ0n) is 12.9. The third-order valence-electron chi connectivity index (χ3n) is 4.31. The van der Waals surface area contributed by atoms with Crippen LogP contribution in [-0.4, -0.2) is 36.5 Å². The smallest absolute Gasteiger partial charge is 0.348 e. The van der Waals surface area contributed by atoms with Crippen LogP contribution in [0.1, 0.15) is 58.9 Å². The molecular formula is C16H23NO3S. The maximum Gasteiger partial charge on any atom is 0.348 e. The Morgan fingerprint density at radius 1 is 1.38 bits per heavy atom. The lowest BCUT2D eigenvalue weighted by molar-refractivity contribution is 0.0530. The molecular weight excluding hydrogens is 286 g/mol. The van der Waals surface area contributed by atoms with Crippen molar-refractivity contribution in [1.29, 1.82) is 0 Å². The molecule has 21 heavy (non-hydrogen) atoms. The van der Waals surface area contributed by atoms with Crippen molar-refractivity contribution in [2.45, 2.75) is 45.6 Å². The van der Waals surface area contributed by atoms with E-state index in [1.54, 1.807) is 12.1 Å². The summed E-state index contributed by atoms with van der Waals surface area (Å²) in [6, 6.07) is 3.73. The molecule has 0 spiro atoms. The Balaban J connectivity index is 2.17. The Kier molecular flexibility index (Phi) is 5.39. The lowest BCUT2D eigenvalue weighted by Crippen LogP contribution is -2.46. The Hall–Kier alpha value is -1.36. The number of likely N-dealkylation sites (tertiary alicyclic amines) is 1. The maximum absolute atomic E-state index is 12.7. The Labute approximate surface area is 130 Å². The number of hydrogen-bond donors (Lipinski definition) is 0. The molecule has 2 heterocycles. The van der Waals surface area contributed by atoms with Crippen molar-refractivity contribution in [1.82, 2.24) is 4.90 Å². The molecule has 116 valence electrons. The average Bonchev–Trinajstić information content (AvgIpc) is 3.02. The number of rotatable bonds is 4. The van der Waals surface area contributed by atoms with E-state index >= 15 is 0 Å². The molecule has 0 aliphatic carbocycles. The van der Waals surface area contributed by atoms with Crippen molar-refractivity contribution in [3.05, 3.63) is 21.9 Å². The van der Waals surface area contributed by atoms with Crippen LogP contribution in [0.2, 0.25) is 0 Å². The van der Waals surface area contributed by atoms with Crippen molar-refractivity contribution in [2.24, 2.45) is 5.92 Å². The number of hydrogen-bond acceptors (Lipinski definition) is 4. The molecule has 5 heteroatoms. The van der Waals surface area contributed by atoms with Gasteiger partial charge in [0.05, 0.1) is 12.0 Å². The number of thiophene rings is 1. The molecule has 1 amide bonds. The van der Waals surface area contributed by atoms with Gasteiger partial charge in [-0.2, -0.15) is 0 Å². The second-order valence-corrected chi connectivity index (χ2v) is 6.69. The SMILES string of the molecule is CCC(C)C1CCCCN1C(=O)c1ccc(C(=O)OC)s1. The zero-order chi connectivity index (χ0) is 15.4. The molecule has 0 saturated carbocycles. The third kappa shape index (κ3) is 3.46. The van der Waals surface area contributed by atoms with E-state index in [0.29, 0.717) is 21.7 Å². The van der Waals surface area contributed by atoms with Crippen molar-refractivity contribution >= 4 is 23.2 Å². The first-order valence-electron chi connectivity index (χ1n) is 7.57. The Morgan fingerprint density at radius 3 is 2.76 bits per heavy atom. The van der Waals surface area contributed by atoms with Crippen LogP contribution in [0.3, 0.4) is 0 Å². The van der Waals surface area contributed by atoms with Gasteiger partial charge in [-0.05, 0) is 37.3 Å². The lowest BCUT2D eigenvalue weighted by atomic mass is 9.89. The zero-order valence-corrected chi connectivity index (χ0v) is 13.7. The second-order valence-electron chi connectivity index (χ2n) is 5.60. The van der Waals surface area contributed by atoms with Gasteiger partial charge in [0.15, 0.2) is 0 Å². The highest BCUT2D eigenvalue weighted by Gasteiger charge is 2.31. The van der Waals surface area contributed by atoms with E-state index in [0.717, 1.165) is 25.8 Å². The predicted octanol–water partition coefficient (Wildman–Crippen LogP) is 3.58. The standard InChI is InChI=1S/C16H23NO3S/c1-4-11(2)12-7-5-6-10-17(12)15(18)13-8-9-14(21-13)16(19)20-3/h8-9,11-12H,4-7,10H2,1-3H3. The van der Waals surface area contributed by atoms with Crippen molar-refractivity contribution in [2.75, 3.05) is 13.7 Å². The monoisotopic (exact) mass is 309 g/mol. The molecule has 1 aliphatic rings. The van der Waals surface area contributed by atoms with Crippen molar-refractivity contribution < 1.29 is 14.3 Å². The molecule has 0 bridgehead atoms. The fourth-order valence-corrected chi connectivity index (χ4v) is 3.76. The second kappa shape index (κ2) is 7.07. The van der Waals surface area contributed by atoms with Crippen LogP contribution in [0.15, 0.2) is 12.1 Å². The number of ether oxygens (including phenoxy) is 1. The molecule has 2 atom stereocenters. The van der Waals surface area contributed by atoms with E-state index in [4.69, 9.17) is 4.74 Å². The highest BCUT2D eigenvalue weighted by atomic mass is 32.1. The van der Waals surface area contributed by atoms with Crippen LogP contribution in [0.5, 0.6) is 0 Å². The molecule has 4 nitrogen and oxygen atoms in total. The summed E-state index contributed by atoms with van der Waals surface area (Å²) in [5, 5.41) is 0. The minimum atomic E-state index is -0.379. The summed E-state index contributed by atoms with van der Waals surface area (Å²) in [5.41, 5.74) is 0. The van der Waals surface area contributed by atoms with Gasteiger partial charge in [0.2, 0.25) is 0 Å². The van der Waals surface area contributed by atoms with Gasteiger partial charge < -0.3 is 9.64 Å². The number of esters is 1. The summed E-state index contributed by atoms with van der Waals surface area (Å²) in [5.74, 6) is 0.186. The summed E-state index contributed by atoms with van der Waals surface area (Å²) in [6.07, 6.45) is 4.41. The first-order chi connectivity index (χ1) is 10.1. The minimum Gasteiger partial charge on any atom is -0.465 e. The molecule has 0 N–H and O–H groups in total. The number of amides is 1. The van der Waals surface area contributed by atoms with Crippen LogP contribution >= 0.6 is 11.3 Å². The number of piperidine rings is 1. The minimum absolute atomic E-state index is 0.0557. The predicted molar refractivity (Wildman–Crippen MR) is 83.8 cm³/mol. The van der Waals surface area contributed by atoms with Crippen LogP contribution in [0.25, 0.3) is 0 Å². The summed E-state index contributed by atoms with van der Waals surface area (Å²) < 4.78 is 4.70. The van der Waals surface area contributed by atoms with Gasteiger partial charge in [0.25, 0.3) is 5.91 Å². The first-order valence-corrected chi connectivity index (χ1v) is 8.39. The molecule has 1 fully saturated rings. The van der Waals surface area contributed by atoms with E-state index < -0.39 is 0 Å². The van der Waals surface area contributed by atoms with Crippen LogP contribution in [-0.2, 0) is 4.74 Å². The van der Waals surface area contributed by atoms with Gasteiger partial charge in [-0.15, -0.1) is 11.3 Å². The van der Waals surface area contributed by atoms with E-state index in [9.17, 15) is 9.59 Å². The molecule has 0 radical (unpaired) electrons. The molecule has 0 aromatic carbocycles. The molecule has 1 saturated heterocycles. The highest BCUT2D eigenvalue weighted by molar-refractivity contribution is 7.15. The molecule has 1 aromatic heterocycles. The molecule has 1 aromatic rings. The van der Waals surface area contributed by atoms with Gasteiger partial charge in [0.1, 0.15) is 4.88 Å². The molecule has 2 rings (SSSR count). The Bertz CT molecular complexity index is 511. The average molecular weight is 309 g/mol. The number of carbonyl (C=O) groups excluding carboxylic acids is 2. The topological polar surface area (TPSA) is 46.6 Å². The molecule has 2 unspecified atom stereocenters. The van der Waals surface area contributed by atoms with Crippen LogP contribution < -0.4 is 0 Å². The van der Waals surface area contributed by atoms with Crippen molar-refractivity contribution in [3.63, 3.8) is 0 Å². The molecule has 1 aliphatic heterocycles. The normalized spacial score (nSPS) is 20.1. The summed E-state index contributed by atoms with van der Waals surface area (Å²) >= 11 is 1.22. The van der Waals surface area contributed by atoms with Gasteiger partial charge in [-0.25, -0.2) is 4.79 Å². The number of carbonyl (C=O) groups is 2. The fraction of sp³-hybridized carbons (Fsp3) is 0.625. The van der Waals surface area contributed by atoms with Crippen molar-refractivity contribution in [3.8, 4) is 0 Å². The summed E-state index contributed by atoms with van der Waals surface area (Å²) in [6.45, 7) is 5.20. The largest absolute Gasteiger partial charge is 0.465 e. The van der Waals surface area contributed by atoms with E-state index in [1.807, 2.05) is 4.90 Å². The van der Waals surface area contributed by atoms with E-state index in [2.05, 4.69) is 13.8 Å². The highest BCUT2D eigenvalue weighted by Crippen LogP contribution is 2.28. The summed E-state index contributed by atoms with van der Waals surface area (Å²) in [4.78, 5) is 27.4. The van der Waals surface area contributed by atoms with Crippen LogP contribution in [0.4, 0.5) is 0 Å². The maximum atomic E-state index is 12.7. The van der Waals surface area contributed by atoms with E-state index in [-0.39, 0.29) is 11.9 Å². The third-order valence-corrected chi connectivity index (χ3v) is 5.37. The van der Waals surface area contributed by atoms with Gasteiger partial charge in [0, 0.05) is 12.6 Å². The fourth-order valence-electron chi connectivity index (χ4n) is 2.88. The first kappa shape index (κ1) is 16.0. The van der Waals surface area contributed by atoms with Gasteiger partial charge >= 0.3 is 5.97 Å². The van der Waals surface area contributed by atoms with Gasteiger partial charge in [-0.3, -0.25) is 4.79 Å². The van der Waals surface area contributed by atoms with E-state index in [1.165, 1.54) is 24.9 Å². The number of nitrogens with zero attached hydrogens (tertiary/aromatic N) is 1. The number of methoxy groups -OCH3 is 1. The van der Waals surface area contributed by atoms with Gasteiger partial charge in [-0.1, -0.05) is 20.3 Å². The quantitative estimate of drug-likeness (QED) is 0.799.